The molecule has 0 saturated carbocycles. The number of pyridine rings is 3. The molecule has 7 nitrogen and oxygen atoms in total. The van der Waals surface area contributed by atoms with Gasteiger partial charge in [0.15, 0.2) is 0 Å². The van der Waals surface area contributed by atoms with Gasteiger partial charge in [-0.25, -0.2) is 4.68 Å². The Morgan fingerprint density at radius 1 is 1.19 bits per heavy atom. The molecule has 0 amide bonds. The highest BCUT2D eigenvalue weighted by molar-refractivity contribution is 6.04. The van der Waals surface area contributed by atoms with Gasteiger partial charge in [0.1, 0.15) is 0 Å². The van der Waals surface area contributed by atoms with Gasteiger partial charge in [0, 0.05) is 37.6 Å². The summed E-state index contributed by atoms with van der Waals surface area (Å²) in [4.78, 5) is 28.8. The minimum absolute atomic E-state index is 0.197. The first-order valence-corrected chi connectivity index (χ1v) is 6.41. The highest BCUT2D eigenvalue weighted by atomic mass is 16.5. The first kappa shape index (κ1) is 13.3. The highest BCUT2D eigenvalue weighted by Crippen LogP contribution is 2.17. The summed E-state index contributed by atoms with van der Waals surface area (Å²) in [5.41, 5.74) is -0.0271. The number of methoxy groups -OCH3 is 1. The second-order valence-corrected chi connectivity index (χ2v) is 4.68. The molecule has 21 heavy (non-hydrogen) atoms. The van der Waals surface area contributed by atoms with Gasteiger partial charge in [-0.2, -0.15) is 0 Å². The Morgan fingerprint density at radius 2 is 2.00 bits per heavy atom. The van der Waals surface area contributed by atoms with E-state index in [4.69, 9.17) is 10.6 Å². The monoisotopic (exact) mass is 286 g/mol. The molecule has 0 fully saturated rings. The zero-order valence-electron chi connectivity index (χ0n) is 11.4. The molecule has 0 saturated heterocycles. The number of nitrogens with two attached hydrogens (primary N) is 1. The van der Waals surface area contributed by atoms with Crippen molar-refractivity contribution in [3.8, 4) is 0 Å². The summed E-state index contributed by atoms with van der Waals surface area (Å²) in [6.45, 7) is 0.870. The molecule has 0 radical (unpaired) electrons. The van der Waals surface area contributed by atoms with Crippen LogP contribution in [-0.2, 0) is 11.3 Å². The zero-order chi connectivity index (χ0) is 15.0. The van der Waals surface area contributed by atoms with Crippen LogP contribution in [0.5, 0.6) is 0 Å². The maximum absolute atomic E-state index is 12.6. The number of nitrogens with zero attached hydrogens (tertiary/aromatic N) is 3. The van der Waals surface area contributed by atoms with Crippen molar-refractivity contribution in [3.63, 3.8) is 0 Å². The van der Waals surface area contributed by atoms with Crippen LogP contribution in [0.15, 0.2) is 40.3 Å². The normalized spacial score (nSPS) is 11.3. The van der Waals surface area contributed by atoms with Crippen LogP contribution in [0.25, 0.3) is 21.7 Å². The van der Waals surface area contributed by atoms with Crippen molar-refractivity contribution in [2.24, 2.45) is 0 Å². The third kappa shape index (κ3) is 2.07. The van der Waals surface area contributed by atoms with E-state index in [2.05, 4.69) is 4.98 Å². The lowest BCUT2D eigenvalue weighted by atomic mass is 10.1. The Hall–Kier alpha value is -2.67. The fourth-order valence-electron chi connectivity index (χ4n) is 2.33. The van der Waals surface area contributed by atoms with Gasteiger partial charge in [-0.05, 0) is 12.1 Å². The van der Waals surface area contributed by atoms with E-state index in [9.17, 15) is 9.59 Å². The second kappa shape index (κ2) is 5.02. The average Bonchev–Trinajstić information content (AvgIpc) is 2.50. The summed E-state index contributed by atoms with van der Waals surface area (Å²) in [5, 5.41) is 1.31. The molecule has 0 aliphatic heterocycles. The zero-order valence-corrected chi connectivity index (χ0v) is 11.4. The minimum atomic E-state index is -0.381. The summed E-state index contributed by atoms with van der Waals surface area (Å²) in [5.74, 6) is 5.54. The molecule has 2 N–H and O–H groups in total. The highest BCUT2D eigenvalue weighted by Gasteiger charge is 2.11. The largest absolute Gasteiger partial charge is 0.383 e. The van der Waals surface area contributed by atoms with Crippen molar-refractivity contribution in [2.75, 3.05) is 19.6 Å². The van der Waals surface area contributed by atoms with Gasteiger partial charge in [0.25, 0.3) is 11.1 Å². The second-order valence-electron chi connectivity index (χ2n) is 4.68. The molecular formula is C14H14N4O3. The Bertz CT molecular complexity index is 942. The molecule has 3 rings (SSSR count). The maximum atomic E-state index is 12.6. The number of ether oxygens (including phenoxy) is 1. The summed E-state index contributed by atoms with van der Waals surface area (Å²) in [6.07, 6.45) is 4.56. The van der Waals surface area contributed by atoms with Gasteiger partial charge in [-0.1, -0.05) is 0 Å². The van der Waals surface area contributed by atoms with E-state index in [-0.39, 0.29) is 11.1 Å². The molecule has 3 heterocycles. The smallest absolute Gasteiger partial charge is 0.278 e. The Labute approximate surface area is 119 Å². The third-order valence-electron chi connectivity index (χ3n) is 3.44. The van der Waals surface area contributed by atoms with Gasteiger partial charge < -0.3 is 15.1 Å². The fraction of sp³-hybridized carbons (Fsp3) is 0.214. The molecule has 108 valence electrons. The molecule has 3 aromatic heterocycles. The van der Waals surface area contributed by atoms with Crippen molar-refractivity contribution in [3.05, 3.63) is 51.4 Å². The maximum Gasteiger partial charge on any atom is 0.278 e. The van der Waals surface area contributed by atoms with E-state index < -0.39 is 0 Å². The van der Waals surface area contributed by atoms with Gasteiger partial charge >= 0.3 is 0 Å². The lowest BCUT2D eigenvalue weighted by molar-refractivity contribution is 0.186. The molecule has 0 aromatic carbocycles. The van der Waals surface area contributed by atoms with E-state index >= 15 is 0 Å². The van der Waals surface area contributed by atoms with E-state index in [0.29, 0.717) is 34.8 Å². The van der Waals surface area contributed by atoms with Crippen molar-refractivity contribution >= 4 is 21.7 Å². The predicted octanol–water partition coefficient (Wildman–Crippen LogP) is 0.0716. The summed E-state index contributed by atoms with van der Waals surface area (Å²) in [6, 6.07) is 3.41. The van der Waals surface area contributed by atoms with E-state index in [1.54, 1.807) is 30.0 Å². The Morgan fingerprint density at radius 3 is 2.76 bits per heavy atom. The quantitative estimate of drug-likeness (QED) is 0.543. The number of fused-ring (bicyclic) bond motifs is 3. The van der Waals surface area contributed by atoms with Crippen LogP contribution in [0, 0.1) is 0 Å². The van der Waals surface area contributed by atoms with E-state index in [1.165, 1.54) is 12.4 Å². The summed E-state index contributed by atoms with van der Waals surface area (Å²) >= 11 is 0. The molecule has 0 aliphatic rings. The molecule has 7 heteroatoms. The Kier molecular flexibility index (Phi) is 3.19. The standard InChI is InChI=1S/C14H14N4O3/c1-21-7-6-17-4-3-11-12(14(17)20)9-2-5-18(15)13(19)10(9)8-16-11/h2-5,8H,6-7,15H2,1H3. The van der Waals surface area contributed by atoms with Crippen LogP contribution in [0.1, 0.15) is 0 Å². The third-order valence-corrected chi connectivity index (χ3v) is 3.44. The Balaban J connectivity index is 2.40. The van der Waals surface area contributed by atoms with E-state index in [0.717, 1.165) is 4.68 Å². The molecule has 0 spiro atoms. The molecule has 3 aromatic rings. The summed E-state index contributed by atoms with van der Waals surface area (Å²) in [7, 11) is 1.58. The van der Waals surface area contributed by atoms with Crippen LogP contribution in [0.3, 0.4) is 0 Å². The fourth-order valence-corrected chi connectivity index (χ4v) is 2.33. The number of rotatable bonds is 3. The van der Waals surface area contributed by atoms with Crippen molar-refractivity contribution in [2.45, 2.75) is 6.54 Å². The van der Waals surface area contributed by atoms with Crippen LogP contribution in [-0.4, -0.2) is 27.9 Å². The summed E-state index contributed by atoms with van der Waals surface area (Å²) < 4.78 is 7.51. The SMILES string of the molecule is COCCn1ccc2ncc3c(=O)n(N)ccc3c2c1=O. The first-order valence-electron chi connectivity index (χ1n) is 6.41. The van der Waals surface area contributed by atoms with E-state index in [1.807, 2.05) is 0 Å². The van der Waals surface area contributed by atoms with Gasteiger partial charge in [0.05, 0.1) is 22.9 Å². The minimum Gasteiger partial charge on any atom is -0.383 e. The van der Waals surface area contributed by atoms with Crippen molar-refractivity contribution < 1.29 is 4.74 Å². The lowest BCUT2D eigenvalue weighted by Gasteiger charge is -2.08. The molecule has 0 aliphatic carbocycles. The van der Waals surface area contributed by atoms with Crippen molar-refractivity contribution in [1.82, 2.24) is 14.2 Å². The van der Waals surface area contributed by atoms with Gasteiger partial charge in [-0.15, -0.1) is 0 Å². The molecule has 0 atom stereocenters. The number of hydrogen-bond donors (Lipinski definition) is 1. The van der Waals surface area contributed by atoms with Crippen molar-refractivity contribution in [1.29, 1.82) is 0 Å². The van der Waals surface area contributed by atoms with Crippen LogP contribution in [0.4, 0.5) is 0 Å². The van der Waals surface area contributed by atoms with Crippen LogP contribution < -0.4 is 17.0 Å². The lowest BCUT2D eigenvalue weighted by Crippen LogP contribution is -2.27. The molecule has 0 bridgehead atoms. The average molecular weight is 286 g/mol. The predicted molar refractivity (Wildman–Crippen MR) is 79.8 cm³/mol. The van der Waals surface area contributed by atoms with Gasteiger partial charge in [0.2, 0.25) is 0 Å². The number of nitrogen functional groups attached to an aromatic ring is 1. The number of aromatic nitrogens is 3. The van der Waals surface area contributed by atoms with Crippen LogP contribution in [0.2, 0.25) is 0 Å². The molecular weight excluding hydrogens is 272 g/mol. The van der Waals surface area contributed by atoms with Crippen LogP contribution >= 0.6 is 0 Å². The van der Waals surface area contributed by atoms with Gasteiger partial charge in [-0.3, -0.25) is 14.6 Å². The first-order chi connectivity index (χ1) is 10.1. The molecule has 0 unspecified atom stereocenters. The number of hydrogen-bond acceptors (Lipinski definition) is 5. The topological polar surface area (TPSA) is 92.1 Å².